The standard InChI is InChI=1S/C20H23FN2O4S/c21-19-7-3-4-16(12-19)13-20(24)22-14-17-5-1-2-6-18(17)15-28(25,26)23-8-10-27-11-9-23/h1-7,12H,8-11,13-15H2,(H,22,24). The monoisotopic (exact) mass is 406 g/mol. The van der Waals surface area contributed by atoms with E-state index in [1.807, 2.05) is 0 Å². The third-order valence-electron chi connectivity index (χ3n) is 4.55. The highest BCUT2D eigenvalue weighted by Crippen LogP contribution is 2.16. The average Bonchev–Trinajstić information content (AvgIpc) is 2.68. The van der Waals surface area contributed by atoms with E-state index < -0.39 is 10.0 Å². The lowest BCUT2D eigenvalue weighted by atomic mass is 10.1. The molecule has 0 aliphatic carbocycles. The molecule has 0 spiro atoms. The Morgan fingerprint density at radius 3 is 2.50 bits per heavy atom. The summed E-state index contributed by atoms with van der Waals surface area (Å²) in [5, 5.41) is 2.78. The van der Waals surface area contributed by atoms with Crippen LogP contribution in [-0.2, 0) is 38.3 Å². The number of amides is 1. The van der Waals surface area contributed by atoms with E-state index in [0.717, 1.165) is 5.56 Å². The first-order valence-electron chi connectivity index (χ1n) is 9.07. The molecule has 1 amide bonds. The molecule has 1 fully saturated rings. The molecule has 2 aromatic rings. The summed E-state index contributed by atoms with van der Waals surface area (Å²) in [7, 11) is -3.45. The average molecular weight is 406 g/mol. The quantitative estimate of drug-likeness (QED) is 0.762. The van der Waals surface area contributed by atoms with Gasteiger partial charge in [0.15, 0.2) is 0 Å². The van der Waals surface area contributed by atoms with E-state index in [2.05, 4.69) is 5.32 Å². The van der Waals surface area contributed by atoms with Crippen LogP contribution in [0.5, 0.6) is 0 Å². The molecule has 0 saturated carbocycles. The molecular formula is C20H23FN2O4S. The molecular weight excluding hydrogens is 383 g/mol. The third-order valence-corrected chi connectivity index (χ3v) is 6.38. The van der Waals surface area contributed by atoms with E-state index in [4.69, 9.17) is 4.74 Å². The van der Waals surface area contributed by atoms with E-state index in [1.54, 1.807) is 36.4 Å². The zero-order chi connectivity index (χ0) is 20.0. The molecule has 28 heavy (non-hydrogen) atoms. The van der Waals surface area contributed by atoms with Crippen molar-refractivity contribution in [2.45, 2.75) is 18.7 Å². The number of ether oxygens (including phenoxy) is 1. The van der Waals surface area contributed by atoms with Crippen LogP contribution in [0, 0.1) is 5.82 Å². The lowest BCUT2D eigenvalue weighted by Gasteiger charge is -2.26. The largest absolute Gasteiger partial charge is 0.379 e. The Labute approximate surface area is 164 Å². The zero-order valence-corrected chi connectivity index (χ0v) is 16.3. The molecule has 0 bridgehead atoms. The molecule has 3 rings (SSSR count). The fourth-order valence-electron chi connectivity index (χ4n) is 3.07. The van der Waals surface area contributed by atoms with Gasteiger partial charge in [-0.1, -0.05) is 36.4 Å². The van der Waals surface area contributed by atoms with Gasteiger partial charge in [0.2, 0.25) is 15.9 Å². The van der Waals surface area contributed by atoms with Crippen molar-refractivity contribution in [3.05, 3.63) is 71.0 Å². The second-order valence-corrected chi connectivity index (χ2v) is 8.59. The minimum absolute atomic E-state index is 0.0615. The fourth-order valence-corrected chi connectivity index (χ4v) is 4.63. The Kier molecular flexibility index (Phi) is 6.77. The normalized spacial score (nSPS) is 15.3. The number of rotatable bonds is 7. The van der Waals surface area contributed by atoms with Gasteiger partial charge >= 0.3 is 0 Å². The van der Waals surface area contributed by atoms with Gasteiger partial charge in [0.05, 0.1) is 25.4 Å². The molecule has 2 aromatic carbocycles. The fraction of sp³-hybridized carbons (Fsp3) is 0.350. The number of benzene rings is 2. The lowest BCUT2D eigenvalue weighted by Crippen LogP contribution is -2.41. The molecule has 150 valence electrons. The Balaban J connectivity index is 1.62. The summed E-state index contributed by atoms with van der Waals surface area (Å²) in [6.45, 7) is 1.72. The third kappa shape index (κ3) is 5.60. The first-order chi connectivity index (χ1) is 13.4. The topological polar surface area (TPSA) is 75.7 Å². The molecule has 0 atom stereocenters. The molecule has 8 heteroatoms. The van der Waals surface area contributed by atoms with Crippen LogP contribution in [-0.4, -0.2) is 44.9 Å². The number of halogens is 1. The molecule has 1 saturated heterocycles. The summed E-state index contributed by atoms with van der Waals surface area (Å²) in [5.41, 5.74) is 1.98. The Morgan fingerprint density at radius 2 is 1.79 bits per heavy atom. The van der Waals surface area contributed by atoms with Crippen molar-refractivity contribution >= 4 is 15.9 Å². The highest BCUT2D eigenvalue weighted by Gasteiger charge is 2.25. The van der Waals surface area contributed by atoms with Crippen LogP contribution in [0.1, 0.15) is 16.7 Å². The zero-order valence-electron chi connectivity index (χ0n) is 15.4. The summed E-state index contributed by atoms with van der Waals surface area (Å²) in [5.74, 6) is -0.761. The maximum atomic E-state index is 13.2. The summed E-state index contributed by atoms with van der Waals surface area (Å²) < 4.78 is 45.2. The molecule has 0 aromatic heterocycles. The van der Waals surface area contributed by atoms with Gasteiger partial charge in [-0.2, -0.15) is 4.31 Å². The van der Waals surface area contributed by atoms with E-state index in [-0.39, 0.29) is 30.4 Å². The first kappa shape index (κ1) is 20.4. The minimum Gasteiger partial charge on any atom is -0.379 e. The molecule has 6 nitrogen and oxygen atoms in total. The SMILES string of the molecule is O=C(Cc1cccc(F)c1)NCc1ccccc1CS(=O)(=O)N1CCOCC1. The highest BCUT2D eigenvalue weighted by atomic mass is 32.2. The van der Waals surface area contributed by atoms with Gasteiger partial charge in [-0.3, -0.25) is 4.79 Å². The smallest absolute Gasteiger partial charge is 0.224 e. The van der Waals surface area contributed by atoms with Crippen LogP contribution in [0.3, 0.4) is 0 Å². The van der Waals surface area contributed by atoms with Gasteiger partial charge in [0, 0.05) is 19.6 Å². The van der Waals surface area contributed by atoms with Gasteiger partial charge in [-0.05, 0) is 28.8 Å². The van der Waals surface area contributed by atoms with Gasteiger partial charge < -0.3 is 10.1 Å². The summed E-state index contributed by atoms with van der Waals surface area (Å²) >= 11 is 0. The maximum Gasteiger partial charge on any atom is 0.224 e. The van der Waals surface area contributed by atoms with Crippen LogP contribution in [0.2, 0.25) is 0 Å². The van der Waals surface area contributed by atoms with Crippen molar-refractivity contribution < 1.29 is 22.3 Å². The second kappa shape index (κ2) is 9.27. The Hall–Kier alpha value is -2.29. The highest BCUT2D eigenvalue weighted by molar-refractivity contribution is 7.88. The van der Waals surface area contributed by atoms with E-state index in [1.165, 1.54) is 16.4 Å². The molecule has 1 N–H and O–H groups in total. The minimum atomic E-state index is -3.45. The number of carbonyl (C=O) groups is 1. The molecule has 0 unspecified atom stereocenters. The molecule has 1 aliphatic rings. The number of hydrogen-bond acceptors (Lipinski definition) is 4. The maximum absolute atomic E-state index is 13.2. The number of carbonyl (C=O) groups excluding carboxylic acids is 1. The van der Waals surface area contributed by atoms with Gasteiger partial charge in [0.25, 0.3) is 0 Å². The van der Waals surface area contributed by atoms with E-state index >= 15 is 0 Å². The molecule has 0 radical (unpaired) electrons. The predicted molar refractivity (Wildman–Crippen MR) is 103 cm³/mol. The number of nitrogens with zero attached hydrogens (tertiary/aromatic N) is 1. The van der Waals surface area contributed by atoms with Gasteiger partial charge in [0.1, 0.15) is 5.82 Å². The van der Waals surface area contributed by atoms with Gasteiger partial charge in [-0.15, -0.1) is 0 Å². The van der Waals surface area contributed by atoms with Crippen molar-refractivity contribution in [3.8, 4) is 0 Å². The van der Waals surface area contributed by atoms with Gasteiger partial charge in [-0.25, -0.2) is 12.8 Å². The number of nitrogens with one attached hydrogen (secondary N) is 1. The second-order valence-electron chi connectivity index (χ2n) is 6.62. The van der Waals surface area contributed by atoms with Crippen LogP contribution in [0.25, 0.3) is 0 Å². The van der Waals surface area contributed by atoms with Crippen LogP contribution in [0.4, 0.5) is 4.39 Å². The van der Waals surface area contributed by atoms with Crippen molar-refractivity contribution in [1.29, 1.82) is 0 Å². The van der Waals surface area contributed by atoms with E-state index in [0.29, 0.717) is 37.4 Å². The summed E-state index contributed by atoms with van der Waals surface area (Å²) in [4.78, 5) is 12.2. The number of sulfonamides is 1. The van der Waals surface area contributed by atoms with Crippen molar-refractivity contribution in [2.75, 3.05) is 26.3 Å². The Morgan fingerprint density at radius 1 is 1.07 bits per heavy atom. The Bertz CT molecular complexity index is 927. The number of morpholine rings is 1. The lowest BCUT2D eigenvalue weighted by molar-refractivity contribution is -0.120. The first-order valence-corrected chi connectivity index (χ1v) is 10.7. The van der Waals surface area contributed by atoms with Crippen molar-refractivity contribution in [3.63, 3.8) is 0 Å². The van der Waals surface area contributed by atoms with Crippen molar-refractivity contribution in [2.24, 2.45) is 0 Å². The van der Waals surface area contributed by atoms with Crippen LogP contribution in [0.15, 0.2) is 48.5 Å². The molecule has 1 aliphatic heterocycles. The van der Waals surface area contributed by atoms with Crippen LogP contribution < -0.4 is 5.32 Å². The van der Waals surface area contributed by atoms with Crippen LogP contribution >= 0.6 is 0 Å². The predicted octanol–water partition coefficient (Wildman–Crippen LogP) is 1.85. The van der Waals surface area contributed by atoms with Crippen molar-refractivity contribution in [1.82, 2.24) is 9.62 Å². The van der Waals surface area contributed by atoms with E-state index in [9.17, 15) is 17.6 Å². The summed E-state index contributed by atoms with van der Waals surface area (Å²) in [6, 6.07) is 13.0. The summed E-state index contributed by atoms with van der Waals surface area (Å²) in [6.07, 6.45) is 0.0615. The molecule has 1 heterocycles. The number of hydrogen-bond donors (Lipinski definition) is 1.